The van der Waals surface area contributed by atoms with Crippen molar-refractivity contribution in [3.63, 3.8) is 0 Å². The van der Waals surface area contributed by atoms with E-state index in [2.05, 4.69) is 19.2 Å². The zero-order chi connectivity index (χ0) is 20.0. The second-order valence-electron chi connectivity index (χ2n) is 6.68. The summed E-state index contributed by atoms with van der Waals surface area (Å²) in [6.45, 7) is 5.44. The normalized spacial score (nSPS) is 10.5. The first kappa shape index (κ1) is 20.1. The lowest BCUT2D eigenvalue weighted by Gasteiger charge is -2.09. The first-order chi connectivity index (χ1) is 12.8. The number of hydrogen-bond donors (Lipinski definition) is 1. The van der Waals surface area contributed by atoms with Gasteiger partial charge in [0.2, 0.25) is 0 Å². The number of benzene rings is 2. The van der Waals surface area contributed by atoms with Crippen LogP contribution in [0.25, 0.3) is 0 Å². The predicted octanol–water partition coefficient (Wildman–Crippen LogP) is 3.90. The number of ether oxygens (including phenoxy) is 1. The second-order valence-corrected chi connectivity index (χ2v) is 6.68. The van der Waals surface area contributed by atoms with Crippen LogP contribution in [0.15, 0.2) is 42.5 Å². The van der Waals surface area contributed by atoms with Crippen LogP contribution in [0.5, 0.6) is 0 Å². The minimum atomic E-state index is -0.582. The van der Waals surface area contributed by atoms with E-state index >= 15 is 0 Å². The monoisotopic (exact) mass is 370 g/mol. The molecule has 0 bridgehead atoms. The number of non-ortho nitro benzene ring substituents is 1. The molecular weight excluding hydrogens is 348 g/mol. The number of nitrogens with one attached hydrogen (secondary N) is 1. The van der Waals surface area contributed by atoms with Crippen molar-refractivity contribution < 1.29 is 19.2 Å². The molecule has 0 spiro atoms. The molecule has 1 N–H and O–H groups in total. The Bertz CT molecular complexity index is 844. The van der Waals surface area contributed by atoms with Crippen molar-refractivity contribution in [1.29, 1.82) is 0 Å². The van der Waals surface area contributed by atoms with Crippen LogP contribution in [0.3, 0.4) is 0 Å². The van der Waals surface area contributed by atoms with Crippen molar-refractivity contribution in [3.8, 4) is 0 Å². The van der Waals surface area contributed by atoms with E-state index in [4.69, 9.17) is 4.74 Å². The Morgan fingerprint density at radius 3 is 2.37 bits per heavy atom. The summed E-state index contributed by atoms with van der Waals surface area (Å²) >= 11 is 0. The molecule has 0 radical (unpaired) electrons. The summed E-state index contributed by atoms with van der Waals surface area (Å²) in [5.74, 6) is -0.576. The lowest BCUT2D eigenvalue weighted by atomic mass is 10.0. The Balaban J connectivity index is 1.89. The summed E-state index contributed by atoms with van der Waals surface area (Å²) < 4.78 is 5.03. The molecule has 2 rings (SSSR count). The molecule has 1 amide bonds. The van der Waals surface area contributed by atoms with Crippen LogP contribution in [-0.4, -0.2) is 23.4 Å². The second kappa shape index (κ2) is 8.93. The smallest absolute Gasteiger partial charge is 0.338 e. The first-order valence-corrected chi connectivity index (χ1v) is 8.57. The summed E-state index contributed by atoms with van der Waals surface area (Å²) in [7, 11) is 0. The van der Waals surface area contributed by atoms with Gasteiger partial charge in [0.15, 0.2) is 6.61 Å². The van der Waals surface area contributed by atoms with Crippen molar-refractivity contribution >= 4 is 23.3 Å². The van der Waals surface area contributed by atoms with Gasteiger partial charge < -0.3 is 10.1 Å². The molecule has 142 valence electrons. The highest BCUT2D eigenvalue weighted by Crippen LogP contribution is 2.21. The average molecular weight is 370 g/mol. The van der Waals surface area contributed by atoms with Gasteiger partial charge in [-0.05, 0) is 48.6 Å². The molecule has 0 aliphatic heterocycles. The van der Waals surface area contributed by atoms with E-state index in [1.165, 1.54) is 18.2 Å². The maximum absolute atomic E-state index is 12.0. The number of aryl methyl sites for hydroxylation is 1. The van der Waals surface area contributed by atoms with E-state index in [0.29, 0.717) is 22.7 Å². The number of nitrogens with zero attached hydrogens (tertiary/aromatic N) is 1. The zero-order valence-corrected chi connectivity index (χ0v) is 15.5. The Labute approximate surface area is 157 Å². The number of hydrogen-bond acceptors (Lipinski definition) is 5. The molecule has 27 heavy (non-hydrogen) atoms. The highest BCUT2D eigenvalue weighted by Gasteiger charge is 2.13. The molecule has 0 aliphatic rings. The molecule has 7 heteroatoms. The standard InChI is InChI=1S/C20H22N2O5/c1-13(2)10-15-4-6-16(7-5-15)20(24)27-12-19(23)21-18-9-8-17(22(25)26)11-14(18)3/h4-9,11,13H,10,12H2,1-3H3,(H,21,23). The molecule has 0 saturated carbocycles. The minimum absolute atomic E-state index is 0.0576. The summed E-state index contributed by atoms with van der Waals surface area (Å²) in [5.41, 5.74) is 2.43. The van der Waals surface area contributed by atoms with E-state index in [9.17, 15) is 19.7 Å². The van der Waals surface area contributed by atoms with E-state index in [1.54, 1.807) is 19.1 Å². The van der Waals surface area contributed by atoms with Gasteiger partial charge in [-0.25, -0.2) is 4.79 Å². The molecule has 0 saturated heterocycles. The van der Waals surface area contributed by atoms with Crippen molar-refractivity contribution in [2.45, 2.75) is 27.2 Å². The topological polar surface area (TPSA) is 98.5 Å². The van der Waals surface area contributed by atoms with E-state index in [-0.39, 0.29) is 5.69 Å². The Hall–Kier alpha value is -3.22. The Morgan fingerprint density at radius 2 is 1.81 bits per heavy atom. The van der Waals surface area contributed by atoms with Gasteiger partial charge in [-0.3, -0.25) is 14.9 Å². The van der Waals surface area contributed by atoms with Gasteiger partial charge in [-0.1, -0.05) is 26.0 Å². The fourth-order valence-electron chi connectivity index (χ4n) is 2.55. The molecular formula is C20H22N2O5. The van der Waals surface area contributed by atoms with Gasteiger partial charge in [0.25, 0.3) is 11.6 Å². The molecule has 0 aliphatic carbocycles. The number of amides is 1. The average Bonchev–Trinajstić information content (AvgIpc) is 2.61. The van der Waals surface area contributed by atoms with Crippen LogP contribution < -0.4 is 5.32 Å². The number of anilines is 1. The van der Waals surface area contributed by atoms with Crippen molar-refractivity contribution in [1.82, 2.24) is 0 Å². The third-order valence-corrected chi connectivity index (χ3v) is 3.86. The third-order valence-electron chi connectivity index (χ3n) is 3.86. The maximum Gasteiger partial charge on any atom is 0.338 e. The highest BCUT2D eigenvalue weighted by atomic mass is 16.6. The molecule has 0 atom stereocenters. The summed E-state index contributed by atoms with van der Waals surface area (Å²) in [5, 5.41) is 13.3. The molecule has 7 nitrogen and oxygen atoms in total. The first-order valence-electron chi connectivity index (χ1n) is 8.57. The van der Waals surface area contributed by atoms with Crippen LogP contribution >= 0.6 is 0 Å². The molecule has 2 aromatic carbocycles. The lowest BCUT2D eigenvalue weighted by molar-refractivity contribution is -0.384. The number of rotatable bonds is 7. The molecule has 2 aromatic rings. The fourth-order valence-corrected chi connectivity index (χ4v) is 2.55. The van der Waals surface area contributed by atoms with E-state index < -0.39 is 23.4 Å². The SMILES string of the molecule is Cc1cc([N+](=O)[O-])ccc1NC(=O)COC(=O)c1ccc(CC(C)C)cc1. The van der Waals surface area contributed by atoms with Crippen molar-refractivity contribution in [2.24, 2.45) is 5.92 Å². The number of nitro benzene ring substituents is 1. The molecule has 0 heterocycles. The van der Waals surface area contributed by atoms with E-state index in [0.717, 1.165) is 12.0 Å². The van der Waals surface area contributed by atoms with Gasteiger partial charge >= 0.3 is 5.97 Å². The van der Waals surface area contributed by atoms with Crippen molar-refractivity contribution in [3.05, 3.63) is 69.3 Å². The van der Waals surface area contributed by atoms with Crippen molar-refractivity contribution in [2.75, 3.05) is 11.9 Å². The number of esters is 1. The summed E-state index contributed by atoms with van der Waals surface area (Å²) in [6.07, 6.45) is 0.923. The van der Waals surface area contributed by atoms with Crippen LogP contribution in [0, 0.1) is 23.0 Å². The van der Waals surface area contributed by atoms with Gasteiger partial charge in [0, 0.05) is 17.8 Å². The number of nitro groups is 1. The van der Waals surface area contributed by atoms with Gasteiger partial charge in [-0.2, -0.15) is 0 Å². The van der Waals surface area contributed by atoms with Crippen LogP contribution in [0.4, 0.5) is 11.4 Å². The fraction of sp³-hybridized carbons (Fsp3) is 0.300. The third kappa shape index (κ3) is 5.91. The predicted molar refractivity (Wildman–Crippen MR) is 102 cm³/mol. The Morgan fingerprint density at radius 1 is 1.15 bits per heavy atom. The maximum atomic E-state index is 12.0. The molecule has 0 fully saturated rings. The largest absolute Gasteiger partial charge is 0.452 e. The van der Waals surface area contributed by atoms with Gasteiger partial charge in [0.05, 0.1) is 10.5 Å². The van der Waals surface area contributed by atoms with Crippen LogP contribution in [0.1, 0.15) is 35.3 Å². The Kier molecular flexibility index (Phi) is 6.65. The highest BCUT2D eigenvalue weighted by molar-refractivity contribution is 5.96. The quantitative estimate of drug-likeness (QED) is 0.453. The van der Waals surface area contributed by atoms with E-state index in [1.807, 2.05) is 12.1 Å². The lowest BCUT2D eigenvalue weighted by Crippen LogP contribution is -2.21. The molecule has 0 unspecified atom stereocenters. The number of carbonyl (C=O) groups excluding carboxylic acids is 2. The molecule has 0 aromatic heterocycles. The van der Waals surface area contributed by atoms with Crippen LogP contribution in [-0.2, 0) is 16.0 Å². The zero-order valence-electron chi connectivity index (χ0n) is 15.5. The van der Waals surface area contributed by atoms with Crippen LogP contribution in [0.2, 0.25) is 0 Å². The van der Waals surface area contributed by atoms with Gasteiger partial charge in [-0.15, -0.1) is 0 Å². The summed E-state index contributed by atoms with van der Waals surface area (Å²) in [6, 6.07) is 11.2. The number of carbonyl (C=O) groups is 2. The summed E-state index contributed by atoms with van der Waals surface area (Å²) in [4.78, 5) is 34.2. The minimum Gasteiger partial charge on any atom is -0.452 e. The van der Waals surface area contributed by atoms with Gasteiger partial charge in [0.1, 0.15) is 0 Å².